The third-order valence-electron chi connectivity index (χ3n) is 4.75. The van der Waals surface area contributed by atoms with Gasteiger partial charge in [-0.2, -0.15) is 0 Å². The molecule has 1 aromatic heterocycles. The average molecular weight is 368 g/mol. The van der Waals surface area contributed by atoms with E-state index in [4.69, 9.17) is 10.1 Å². The van der Waals surface area contributed by atoms with E-state index in [1.807, 2.05) is 13.1 Å². The fraction of sp³-hybridized carbons (Fsp3) is 0.400. The first-order valence-electron chi connectivity index (χ1n) is 9.08. The quantitative estimate of drug-likeness (QED) is 0.893. The molecule has 2 aromatic rings. The van der Waals surface area contributed by atoms with E-state index < -0.39 is 5.97 Å². The number of amides is 1. The van der Waals surface area contributed by atoms with Crippen LogP contribution in [0.4, 0.5) is 5.95 Å². The van der Waals surface area contributed by atoms with Crippen LogP contribution in [0, 0.1) is 6.92 Å². The van der Waals surface area contributed by atoms with Gasteiger partial charge in [0.2, 0.25) is 5.95 Å². The zero-order valence-corrected chi connectivity index (χ0v) is 15.8. The molecule has 1 N–H and O–H groups in total. The van der Waals surface area contributed by atoms with Crippen LogP contribution in [0.5, 0.6) is 0 Å². The predicted octanol–water partition coefficient (Wildman–Crippen LogP) is 2.57. The molecular formula is C20H24N4O3. The number of carbonyl (C=O) groups is 2. The molecule has 7 heteroatoms. The topological polar surface area (TPSA) is 86.6 Å². The Hall–Kier alpha value is -2.96. The van der Waals surface area contributed by atoms with E-state index in [1.54, 1.807) is 17.0 Å². The number of nitrogens with zero attached hydrogens (tertiary/aromatic N) is 4. The highest BCUT2D eigenvalue weighted by Crippen LogP contribution is 2.20. The van der Waals surface area contributed by atoms with E-state index in [-0.39, 0.29) is 11.5 Å². The Morgan fingerprint density at radius 1 is 1.11 bits per heavy atom. The zero-order valence-electron chi connectivity index (χ0n) is 15.8. The van der Waals surface area contributed by atoms with Crippen LogP contribution >= 0.6 is 0 Å². The molecule has 3 rings (SSSR count). The zero-order chi connectivity index (χ0) is 19.6. The average Bonchev–Trinajstić information content (AvgIpc) is 2.68. The molecule has 7 nitrogen and oxygen atoms in total. The Labute approximate surface area is 158 Å². The Kier molecular flexibility index (Phi) is 5.39. The van der Waals surface area contributed by atoms with Crippen molar-refractivity contribution in [1.29, 1.82) is 0 Å². The number of carbonyl (C=O) groups excluding carboxylic acids is 1. The maximum absolute atomic E-state index is 12.7. The molecule has 1 amide bonds. The smallest absolute Gasteiger partial charge is 0.335 e. The third kappa shape index (κ3) is 4.07. The number of benzene rings is 1. The van der Waals surface area contributed by atoms with E-state index in [2.05, 4.69) is 23.7 Å². The van der Waals surface area contributed by atoms with Crippen LogP contribution in [0.25, 0.3) is 0 Å². The van der Waals surface area contributed by atoms with Crippen molar-refractivity contribution in [2.75, 3.05) is 31.1 Å². The van der Waals surface area contributed by atoms with E-state index in [0.717, 1.165) is 11.3 Å². The van der Waals surface area contributed by atoms with Gasteiger partial charge in [0.05, 0.1) is 11.3 Å². The number of rotatable bonds is 4. The maximum atomic E-state index is 12.7. The first-order valence-corrected chi connectivity index (χ1v) is 9.08. The normalized spacial score (nSPS) is 14.5. The number of hydrogen-bond donors (Lipinski definition) is 1. The molecule has 0 saturated carbocycles. The summed E-state index contributed by atoms with van der Waals surface area (Å²) in [7, 11) is 0. The van der Waals surface area contributed by atoms with E-state index in [0.29, 0.717) is 43.6 Å². The second-order valence-corrected chi connectivity index (χ2v) is 7.06. The summed E-state index contributed by atoms with van der Waals surface area (Å²) in [5.74, 6) is -0.155. The van der Waals surface area contributed by atoms with Crippen molar-refractivity contribution < 1.29 is 14.7 Å². The molecule has 1 aliphatic heterocycles. The van der Waals surface area contributed by atoms with Crippen molar-refractivity contribution in [2.24, 2.45) is 0 Å². The van der Waals surface area contributed by atoms with Gasteiger partial charge in [0, 0.05) is 37.9 Å². The molecule has 142 valence electrons. The Morgan fingerprint density at radius 2 is 1.78 bits per heavy atom. The van der Waals surface area contributed by atoms with E-state index in [1.165, 1.54) is 12.1 Å². The lowest BCUT2D eigenvalue weighted by molar-refractivity contribution is 0.0697. The standard InChI is InChI=1S/C20H24N4O3/c1-13(2)17-14(3)12-21-20(22-17)24-9-7-23(8-10-24)18(25)15-5-4-6-16(11-15)19(26)27/h4-6,11-13H,7-10H2,1-3H3,(H,26,27). The van der Waals surface area contributed by atoms with Crippen LogP contribution in [0.2, 0.25) is 0 Å². The lowest BCUT2D eigenvalue weighted by Crippen LogP contribution is -2.49. The summed E-state index contributed by atoms with van der Waals surface area (Å²) in [6.07, 6.45) is 1.85. The minimum Gasteiger partial charge on any atom is -0.478 e. The number of aryl methyl sites for hydroxylation is 1. The molecule has 1 aliphatic rings. The van der Waals surface area contributed by atoms with Crippen LogP contribution in [-0.2, 0) is 0 Å². The second-order valence-electron chi connectivity index (χ2n) is 7.06. The highest BCUT2D eigenvalue weighted by molar-refractivity contribution is 5.97. The second kappa shape index (κ2) is 7.73. The molecule has 0 radical (unpaired) electrons. The van der Waals surface area contributed by atoms with Crippen LogP contribution in [0.1, 0.15) is 51.7 Å². The molecule has 2 heterocycles. The van der Waals surface area contributed by atoms with E-state index >= 15 is 0 Å². The molecule has 1 fully saturated rings. The third-order valence-corrected chi connectivity index (χ3v) is 4.75. The summed E-state index contributed by atoms with van der Waals surface area (Å²) in [5.41, 5.74) is 2.65. The number of carboxylic acids is 1. The molecular weight excluding hydrogens is 344 g/mol. The van der Waals surface area contributed by atoms with Crippen LogP contribution in [-0.4, -0.2) is 58.0 Å². The monoisotopic (exact) mass is 368 g/mol. The van der Waals surface area contributed by atoms with E-state index in [9.17, 15) is 9.59 Å². The van der Waals surface area contributed by atoms with Gasteiger partial charge in [-0.15, -0.1) is 0 Å². The number of carboxylic acid groups (broad SMARTS) is 1. The molecule has 1 aromatic carbocycles. The Bertz CT molecular complexity index is 858. The van der Waals surface area contributed by atoms with Gasteiger partial charge in [-0.3, -0.25) is 4.79 Å². The number of aromatic carboxylic acids is 1. The molecule has 27 heavy (non-hydrogen) atoms. The highest BCUT2D eigenvalue weighted by Gasteiger charge is 2.24. The summed E-state index contributed by atoms with van der Waals surface area (Å²) < 4.78 is 0. The molecule has 0 bridgehead atoms. The molecule has 1 saturated heterocycles. The summed E-state index contributed by atoms with van der Waals surface area (Å²) in [6, 6.07) is 6.16. The van der Waals surface area contributed by atoms with Crippen LogP contribution in [0.15, 0.2) is 30.5 Å². The van der Waals surface area contributed by atoms with Gasteiger partial charge in [-0.05, 0) is 36.6 Å². The first-order chi connectivity index (χ1) is 12.9. The fourth-order valence-corrected chi connectivity index (χ4v) is 3.26. The first kappa shape index (κ1) is 18.8. The molecule has 0 spiro atoms. The van der Waals surface area contributed by atoms with Crippen molar-refractivity contribution in [3.05, 3.63) is 52.8 Å². The van der Waals surface area contributed by atoms with Crippen LogP contribution < -0.4 is 4.90 Å². The summed E-state index contributed by atoms with van der Waals surface area (Å²) in [6.45, 7) is 8.62. The van der Waals surface area contributed by atoms with Gasteiger partial charge in [0.15, 0.2) is 0 Å². The molecule has 0 unspecified atom stereocenters. The Balaban J connectivity index is 1.68. The number of anilines is 1. The lowest BCUT2D eigenvalue weighted by atomic mass is 10.1. The minimum atomic E-state index is -1.04. The van der Waals surface area contributed by atoms with Gasteiger partial charge in [0.1, 0.15) is 0 Å². The summed E-state index contributed by atoms with van der Waals surface area (Å²) >= 11 is 0. The van der Waals surface area contributed by atoms with Crippen molar-refractivity contribution in [3.63, 3.8) is 0 Å². The van der Waals surface area contributed by atoms with Crippen LogP contribution in [0.3, 0.4) is 0 Å². The molecule has 0 atom stereocenters. The summed E-state index contributed by atoms with van der Waals surface area (Å²) in [4.78, 5) is 36.8. The van der Waals surface area contributed by atoms with Crippen molar-refractivity contribution in [3.8, 4) is 0 Å². The number of piperazine rings is 1. The SMILES string of the molecule is Cc1cnc(N2CCN(C(=O)c3cccc(C(=O)O)c3)CC2)nc1C(C)C. The van der Waals surface area contributed by atoms with Crippen molar-refractivity contribution >= 4 is 17.8 Å². The minimum absolute atomic E-state index is 0.119. The van der Waals surface area contributed by atoms with Crippen molar-refractivity contribution in [2.45, 2.75) is 26.7 Å². The van der Waals surface area contributed by atoms with Gasteiger partial charge in [-0.25, -0.2) is 14.8 Å². The highest BCUT2D eigenvalue weighted by atomic mass is 16.4. The van der Waals surface area contributed by atoms with Gasteiger partial charge in [-0.1, -0.05) is 19.9 Å². The predicted molar refractivity (Wildman–Crippen MR) is 102 cm³/mol. The lowest BCUT2D eigenvalue weighted by Gasteiger charge is -2.35. The van der Waals surface area contributed by atoms with Gasteiger partial charge in [0.25, 0.3) is 5.91 Å². The van der Waals surface area contributed by atoms with Crippen molar-refractivity contribution in [1.82, 2.24) is 14.9 Å². The number of hydrogen-bond acceptors (Lipinski definition) is 5. The summed E-state index contributed by atoms with van der Waals surface area (Å²) in [5, 5.41) is 9.10. The fourth-order valence-electron chi connectivity index (χ4n) is 3.26. The number of aromatic nitrogens is 2. The van der Waals surface area contributed by atoms with Gasteiger partial charge >= 0.3 is 5.97 Å². The Morgan fingerprint density at radius 3 is 2.41 bits per heavy atom. The largest absolute Gasteiger partial charge is 0.478 e. The van der Waals surface area contributed by atoms with Gasteiger partial charge < -0.3 is 14.9 Å². The molecule has 0 aliphatic carbocycles. The maximum Gasteiger partial charge on any atom is 0.335 e.